The fraction of sp³-hybridized carbons (Fsp3) is 0.105. The minimum Gasteiger partial charge on any atom is -0.321 e. The van der Waals surface area contributed by atoms with E-state index >= 15 is 0 Å². The lowest BCUT2D eigenvalue weighted by Crippen LogP contribution is -2.17. The molecule has 2 aromatic carbocycles. The number of nitrogens with one attached hydrogen (secondary N) is 1. The van der Waals surface area contributed by atoms with Crippen LogP contribution in [0.25, 0.3) is 0 Å². The molecule has 0 radical (unpaired) electrons. The number of hydrogen-bond donors (Lipinski definition) is 1. The van der Waals surface area contributed by atoms with E-state index in [4.69, 9.17) is 0 Å². The molecule has 0 saturated carbocycles. The van der Waals surface area contributed by atoms with Gasteiger partial charge < -0.3 is 5.32 Å². The molecule has 11 heteroatoms. The molecule has 30 heavy (non-hydrogen) atoms. The molecule has 3 aromatic rings. The van der Waals surface area contributed by atoms with Crippen molar-refractivity contribution in [1.82, 2.24) is 9.78 Å². The summed E-state index contributed by atoms with van der Waals surface area (Å²) in [6.45, 7) is 0. The highest BCUT2D eigenvalue weighted by Crippen LogP contribution is 2.31. The number of halogens is 3. The number of nitro groups is 1. The lowest BCUT2D eigenvalue weighted by Gasteiger charge is -2.10. The predicted octanol–water partition coefficient (Wildman–Crippen LogP) is 4.35. The van der Waals surface area contributed by atoms with Crippen LogP contribution in [0, 0.1) is 10.1 Å². The van der Waals surface area contributed by atoms with Crippen LogP contribution in [-0.2, 0) is 13.2 Å². The molecule has 0 bridgehead atoms. The number of benzene rings is 2. The van der Waals surface area contributed by atoms with Crippen LogP contribution < -0.4 is 5.32 Å². The third-order valence-electron chi connectivity index (χ3n) is 4.04. The number of amides is 1. The molecule has 0 atom stereocenters. The summed E-state index contributed by atoms with van der Waals surface area (Å²) in [5.74, 6) is -0.690. The number of alkyl halides is 3. The van der Waals surface area contributed by atoms with Crippen molar-refractivity contribution >= 4 is 29.2 Å². The SMILES string of the molecule is Cn1ncc(N=Cc2ccc([N+](=O)[O-])cc2)c1C(=O)Nc1cccc(C(F)(F)F)c1. The number of aryl methyl sites for hydroxylation is 1. The van der Waals surface area contributed by atoms with Crippen LogP contribution in [0.2, 0.25) is 0 Å². The van der Waals surface area contributed by atoms with Crippen molar-refractivity contribution in [2.75, 3.05) is 5.32 Å². The summed E-state index contributed by atoms with van der Waals surface area (Å²) in [5, 5.41) is 17.1. The molecule has 0 fully saturated rings. The quantitative estimate of drug-likeness (QED) is 0.379. The van der Waals surface area contributed by atoms with Crippen molar-refractivity contribution in [2.24, 2.45) is 12.0 Å². The Morgan fingerprint density at radius 1 is 1.23 bits per heavy atom. The second-order valence-electron chi connectivity index (χ2n) is 6.14. The topological polar surface area (TPSA) is 102 Å². The number of nitro benzene ring substituents is 1. The van der Waals surface area contributed by atoms with Gasteiger partial charge in [-0.05, 0) is 35.9 Å². The van der Waals surface area contributed by atoms with Gasteiger partial charge in [-0.25, -0.2) is 0 Å². The van der Waals surface area contributed by atoms with Crippen LogP contribution in [0.4, 0.5) is 30.2 Å². The second-order valence-corrected chi connectivity index (χ2v) is 6.14. The standard InChI is InChI=1S/C19H14F3N5O3/c1-26-17(18(28)25-14-4-2-3-13(9-14)19(20,21)22)16(11-24-26)23-10-12-5-7-15(8-6-12)27(29)30/h2-11H,1H3,(H,25,28). The van der Waals surface area contributed by atoms with E-state index in [1.54, 1.807) is 0 Å². The normalized spacial score (nSPS) is 11.6. The lowest BCUT2D eigenvalue weighted by atomic mass is 10.2. The molecule has 154 valence electrons. The van der Waals surface area contributed by atoms with Gasteiger partial charge in [0.05, 0.1) is 16.7 Å². The van der Waals surface area contributed by atoms with Crippen molar-refractivity contribution < 1.29 is 22.9 Å². The molecular formula is C19H14F3N5O3. The fourth-order valence-corrected chi connectivity index (χ4v) is 2.57. The first-order chi connectivity index (χ1) is 14.1. The highest BCUT2D eigenvalue weighted by atomic mass is 19.4. The Morgan fingerprint density at radius 2 is 1.93 bits per heavy atom. The summed E-state index contributed by atoms with van der Waals surface area (Å²) in [6.07, 6.45) is -1.82. The summed E-state index contributed by atoms with van der Waals surface area (Å²) < 4.78 is 39.8. The van der Waals surface area contributed by atoms with Gasteiger partial charge >= 0.3 is 6.18 Å². The molecule has 0 spiro atoms. The third kappa shape index (κ3) is 4.69. The Balaban J connectivity index is 1.81. The summed E-state index contributed by atoms with van der Waals surface area (Å²) in [4.78, 5) is 26.9. The maximum Gasteiger partial charge on any atom is 0.416 e. The molecule has 0 unspecified atom stereocenters. The van der Waals surface area contributed by atoms with Gasteiger partial charge in [-0.15, -0.1) is 0 Å². The number of rotatable bonds is 5. The second kappa shape index (κ2) is 8.15. The van der Waals surface area contributed by atoms with Gasteiger partial charge in [-0.1, -0.05) is 6.07 Å². The summed E-state index contributed by atoms with van der Waals surface area (Å²) in [7, 11) is 1.49. The van der Waals surface area contributed by atoms with Gasteiger partial charge in [0.15, 0.2) is 5.69 Å². The van der Waals surface area contributed by atoms with E-state index in [9.17, 15) is 28.1 Å². The highest BCUT2D eigenvalue weighted by Gasteiger charge is 2.30. The maximum absolute atomic E-state index is 12.9. The van der Waals surface area contributed by atoms with E-state index in [0.29, 0.717) is 5.56 Å². The Bertz CT molecular complexity index is 1120. The van der Waals surface area contributed by atoms with Crippen molar-refractivity contribution in [3.05, 3.63) is 81.7 Å². The third-order valence-corrected chi connectivity index (χ3v) is 4.04. The Labute approximate surface area is 167 Å². The van der Waals surface area contributed by atoms with Crippen molar-refractivity contribution in [3.63, 3.8) is 0 Å². The zero-order valence-corrected chi connectivity index (χ0v) is 15.4. The van der Waals surface area contributed by atoms with Gasteiger partial charge in [-0.2, -0.15) is 18.3 Å². The fourth-order valence-electron chi connectivity index (χ4n) is 2.57. The van der Waals surface area contributed by atoms with Crippen LogP contribution in [-0.4, -0.2) is 26.8 Å². The first kappa shape index (κ1) is 20.7. The number of carbonyl (C=O) groups excluding carboxylic acids is 1. The van der Waals surface area contributed by atoms with E-state index < -0.39 is 22.6 Å². The minimum atomic E-state index is -4.53. The molecule has 0 aliphatic rings. The number of anilines is 1. The minimum absolute atomic E-state index is 0.0266. The van der Waals surface area contributed by atoms with E-state index in [-0.39, 0.29) is 22.8 Å². The zero-order valence-electron chi connectivity index (χ0n) is 15.4. The van der Waals surface area contributed by atoms with E-state index in [1.165, 1.54) is 60.5 Å². The molecule has 0 aliphatic carbocycles. The van der Waals surface area contributed by atoms with Crippen molar-refractivity contribution in [3.8, 4) is 0 Å². The van der Waals surface area contributed by atoms with E-state index in [2.05, 4.69) is 15.4 Å². The van der Waals surface area contributed by atoms with Gasteiger partial charge in [0.2, 0.25) is 0 Å². The number of non-ortho nitro benzene ring substituents is 1. The molecule has 3 rings (SSSR count). The van der Waals surface area contributed by atoms with Crippen molar-refractivity contribution in [1.29, 1.82) is 0 Å². The molecule has 1 aromatic heterocycles. The van der Waals surface area contributed by atoms with Crippen molar-refractivity contribution in [2.45, 2.75) is 6.18 Å². The average Bonchev–Trinajstić information content (AvgIpc) is 3.06. The monoisotopic (exact) mass is 417 g/mol. The maximum atomic E-state index is 12.9. The van der Waals surface area contributed by atoms with Crippen LogP contribution in [0.1, 0.15) is 21.6 Å². The number of aromatic nitrogens is 2. The molecule has 1 amide bonds. The number of nitrogens with zero attached hydrogens (tertiary/aromatic N) is 4. The molecule has 1 N–H and O–H groups in total. The van der Waals surface area contributed by atoms with Gasteiger partial charge in [0, 0.05) is 31.1 Å². The highest BCUT2D eigenvalue weighted by molar-refractivity contribution is 6.06. The molecule has 0 aliphatic heterocycles. The molecule has 8 nitrogen and oxygen atoms in total. The molecule has 1 heterocycles. The number of aliphatic imine (C=N–C) groups is 1. The van der Waals surface area contributed by atoms with Crippen LogP contribution in [0.5, 0.6) is 0 Å². The lowest BCUT2D eigenvalue weighted by molar-refractivity contribution is -0.384. The Morgan fingerprint density at radius 3 is 2.57 bits per heavy atom. The van der Waals surface area contributed by atoms with E-state index in [1.807, 2.05) is 0 Å². The van der Waals surface area contributed by atoms with Gasteiger partial charge in [0.25, 0.3) is 11.6 Å². The first-order valence-electron chi connectivity index (χ1n) is 8.44. The van der Waals surface area contributed by atoms with Gasteiger partial charge in [-0.3, -0.25) is 24.6 Å². The van der Waals surface area contributed by atoms with E-state index in [0.717, 1.165) is 12.1 Å². The number of carbonyl (C=O) groups is 1. The number of hydrogen-bond acceptors (Lipinski definition) is 5. The first-order valence-corrected chi connectivity index (χ1v) is 8.44. The Hall–Kier alpha value is -4.02. The Kier molecular flexibility index (Phi) is 5.63. The summed E-state index contributed by atoms with van der Waals surface area (Å²) in [5.41, 5.74) is -0.225. The van der Waals surface area contributed by atoms with Crippen LogP contribution in [0.3, 0.4) is 0 Å². The molecular weight excluding hydrogens is 403 g/mol. The van der Waals surface area contributed by atoms with Crippen LogP contribution in [0.15, 0.2) is 59.7 Å². The van der Waals surface area contributed by atoms with Crippen LogP contribution >= 0.6 is 0 Å². The summed E-state index contributed by atoms with van der Waals surface area (Å²) in [6, 6.07) is 9.85. The largest absolute Gasteiger partial charge is 0.416 e. The average molecular weight is 417 g/mol. The van der Waals surface area contributed by atoms with Gasteiger partial charge in [0.1, 0.15) is 5.69 Å². The summed E-state index contributed by atoms with van der Waals surface area (Å²) >= 11 is 0. The zero-order chi connectivity index (χ0) is 21.9. The smallest absolute Gasteiger partial charge is 0.321 e. The predicted molar refractivity (Wildman–Crippen MR) is 103 cm³/mol. The molecule has 0 saturated heterocycles.